The molecule has 2 N–H and O–H groups in total. The van der Waals surface area contributed by atoms with Gasteiger partial charge in [0.25, 0.3) is 0 Å². The van der Waals surface area contributed by atoms with E-state index in [0.717, 1.165) is 11.8 Å². The summed E-state index contributed by atoms with van der Waals surface area (Å²) < 4.78 is 30.2. The van der Waals surface area contributed by atoms with Gasteiger partial charge in [-0.1, -0.05) is 29.3 Å². The number of halogens is 2. The lowest BCUT2D eigenvalue weighted by Gasteiger charge is -2.13. The second kappa shape index (κ2) is 10.5. The van der Waals surface area contributed by atoms with Crippen molar-refractivity contribution in [1.82, 2.24) is 19.9 Å². The number of fused-ring (bicyclic) bond motifs is 1. The van der Waals surface area contributed by atoms with Crippen molar-refractivity contribution >= 4 is 61.5 Å². The number of amides is 1. The number of nitrogens with zero attached hydrogens (tertiary/aromatic N) is 3. The van der Waals surface area contributed by atoms with Crippen molar-refractivity contribution in [3.8, 4) is 11.5 Å². The highest BCUT2D eigenvalue weighted by atomic mass is 35.5. The minimum atomic E-state index is -3.38. The zero-order valence-corrected chi connectivity index (χ0v) is 20.9. The second-order valence-corrected chi connectivity index (χ2v) is 10.7. The quantitative estimate of drug-likeness (QED) is 0.326. The number of ether oxygens (including phenoxy) is 1. The monoisotopic (exact) mass is 533 g/mol. The maximum Gasteiger partial charge on any atom is 0.235 e. The molecule has 2 aromatic heterocycles. The zero-order valence-electron chi connectivity index (χ0n) is 18.5. The van der Waals surface area contributed by atoms with Crippen LogP contribution in [0, 0.1) is 0 Å². The Morgan fingerprint density at radius 2 is 1.94 bits per heavy atom. The highest BCUT2D eigenvalue weighted by Gasteiger charge is 2.13. The summed E-state index contributed by atoms with van der Waals surface area (Å²) >= 11 is 12.4. The Labute approximate surface area is 212 Å². The normalized spacial score (nSPS) is 11.4. The molecule has 0 bridgehead atoms. The number of carbonyl (C=O) groups excluding carboxylic acids is 1. The number of benzene rings is 2. The smallest absolute Gasteiger partial charge is 0.235 e. The van der Waals surface area contributed by atoms with Crippen molar-refractivity contribution in [2.75, 3.05) is 23.9 Å². The van der Waals surface area contributed by atoms with Gasteiger partial charge in [-0.15, -0.1) is 0 Å². The van der Waals surface area contributed by atoms with Crippen LogP contribution in [0.5, 0.6) is 11.5 Å². The molecule has 35 heavy (non-hydrogen) atoms. The van der Waals surface area contributed by atoms with Gasteiger partial charge < -0.3 is 19.9 Å². The van der Waals surface area contributed by atoms with Crippen LogP contribution in [0.2, 0.25) is 10.0 Å². The molecule has 0 spiro atoms. The number of carbonyl (C=O) groups is 1. The number of sulfone groups is 1. The van der Waals surface area contributed by atoms with Gasteiger partial charge in [0.1, 0.15) is 29.1 Å². The van der Waals surface area contributed by atoms with Crippen molar-refractivity contribution in [2.45, 2.75) is 6.54 Å². The molecule has 0 atom stereocenters. The van der Waals surface area contributed by atoms with E-state index in [4.69, 9.17) is 27.9 Å². The van der Waals surface area contributed by atoms with Crippen LogP contribution in [0.4, 0.5) is 11.5 Å². The molecule has 4 rings (SSSR count). The molecule has 2 aromatic carbocycles. The first-order valence-corrected chi connectivity index (χ1v) is 13.2. The first-order chi connectivity index (χ1) is 16.7. The lowest BCUT2D eigenvalue weighted by Crippen LogP contribution is -2.32. The topological polar surface area (TPSA) is 115 Å². The van der Waals surface area contributed by atoms with Crippen LogP contribution in [0.15, 0.2) is 61.1 Å². The first-order valence-electron chi connectivity index (χ1n) is 10.4. The van der Waals surface area contributed by atoms with Gasteiger partial charge in [0.2, 0.25) is 5.91 Å². The molecular formula is C23H21Cl2N5O4S. The third-order valence-electron chi connectivity index (χ3n) is 4.84. The Hall–Kier alpha value is -3.34. The minimum Gasteiger partial charge on any atom is -0.456 e. The van der Waals surface area contributed by atoms with E-state index < -0.39 is 21.5 Å². The summed E-state index contributed by atoms with van der Waals surface area (Å²) in [7, 11) is -3.38. The summed E-state index contributed by atoms with van der Waals surface area (Å²) in [5.74, 6) is 0.488. The fourth-order valence-corrected chi connectivity index (χ4v) is 4.35. The summed E-state index contributed by atoms with van der Waals surface area (Å²) in [5, 5.41) is 6.80. The highest BCUT2D eigenvalue weighted by molar-refractivity contribution is 7.91. The molecule has 0 saturated heterocycles. The molecule has 1 amide bonds. The molecule has 0 aliphatic rings. The number of anilines is 2. The summed E-state index contributed by atoms with van der Waals surface area (Å²) in [6.07, 6.45) is 4.28. The van der Waals surface area contributed by atoms with E-state index in [1.54, 1.807) is 42.5 Å². The molecule has 2 heterocycles. The fraction of sp³-hybridized carbons (Fsp3) is 0.174. The minimum absolute atomic E-state index is 0.244. The van der Waals surface area contributed by atoms with Crippen LogP contribution in [-0.2, 0) is 21.2 Å². The van der Waals surface area contributed by atoms with E-state index in [9.17, 15) is 13.2 Å². The molecule has 0 fully saturated rings. The third-order valence-corrected chi connectivity index (χ3v) is 6.15. The Bertz CT molecular complexity index is 1490. The number of nitrogens with one attached hydrogen (secondary N) is 2. The summed E-state index contributed by atoms with van der Waals surface area (Å²) in [4.78, 5) is 20.4. The summed E-state index contributed by atoms with van der Waals surface area (Å²) in [5.41, 5.74) is 2.11. The largest absolute Gasteiger partial charge is 0.456 e. The Morgan fingerprint density at radius 3 is 2.69 bits per heavy atom. The zero-order chi connectivity index (χ0) is 25.0. The lowest BCUT2D eigenvalue weighted by atomic mass is 10.3. The predicted molar refractivity (Wildman–Crippen MR) is 137 cm³/mol. The number of aromatic nitrogens is 3. The van der Waals surface area contributed by atoms with Gasteiger partial charge >= 0.3 is 0 Å². The van der Waals surface area contributed by atoms with Crippen molar-refractivity contribution in [3.05, 3.63) is 71.1 Å². The van der Waals surface area contributed by atoms with Crippen LogP contribution in [0.3, 0.4) is 0 Å². The Kier molecular flexibility index (Phi) is 7.44. The molecule has 0 aliphatic carbocycles. The Morgan fingerprint density at radius 1 is 1.11 bits per heavy atom. The van der Waals surface area contributed by atoms with Crippen LogP contribution >= 0.6 is 23.2 Å². The van der Waals surface area contributed by atoms with Crippen molar-refractivity contribution < 1.29 is 17.9 Å². The molecule has 12 heteroatoms. The first kappa shape index (κ1) is 24.8. The molecule has 0 aliphatic heterocycles. The molecule has 9 nitrogen and oxygen atoms in total. The maximum absolute atomic E-state index is 11.8. The number of rotatable bonds is 9. The third kappa shape index (κ3) is 6.62. The van der Waals surface area contributed by atoms with Crippen LogP contribution < -0.4 is 15.4 Å². The summed E-state index contributed by atoms with van der Waals surface area (Å²) in [6.45, 7) is 0.641. The van der Waals surface area contributed by atoms with Gasteiger partial charge in [0, 0.05) is 36.3 Å². The van der Waals surface area contributed by atoms with Gasteiger partial charge in [-0.05, 0) is 42.5 Å². The van der Waals surface area contributed by atoms with Crippen LogP contribution in [-0.4, -0.2) is 47.4 Å². The molecule has 0 radical (unpaired) electrons. The van der Waals surface area contributed by atoms with E-state index in [0.29, 0.717) is 45.1 Å². The van der Waals surface area contributed by atoms with E-state index in [1.807, 2.05) is 16.8 Å². The summed E-state index contributed by atoms with van der Waals surface area (Å²) in [6, 6.07) is 14.1. The standard InChI is InChI=1S/C23H21Cl2N5O4S/c1-35(32,33)13-21(31)26-8-10-30-9-7-19-22(30)23(28-14-27-19)29-16-5-6-20(18(25)12-16)34-17-4-2-3-15(24)11-17/h2-7,9,11-12,14H,8,10,13H2,1H3,(H,26,31)(H,27,28,29). The Balaban J connectivity index is 1.49. The average molecular weight is 534 g/mol. The lowest BCUT2D eigenvalue weighted by molar-refractivity contribution is -0.118. The number of hydrogen-bond acceptors (Lipinski definition) is 7. The molecule has 4 aromatic rings. The number of hydrogen-bond donors (Lipinski definition) is 2. The predicted octanol–water partition coefficient (Wildman–Crippen LogP) is 4.43. The maximum atomic E-state index is 11.8. The van der Waals surface area contributed by atoms with E-state index in [-0.39, 0.29) is 6.54 Å². The van der Waals surface area contributed by atoms with E-state index >= 15 is 0 Å². The van der Waals surface area contributed by atoms with Gasteiger partial charge in [-0.3, -0.25) is 4.79 Å². The molecule has 0 unspecified atom stereocenters. The molecular weight excluding hydrogens is 513 g/mol. The van der Waals surface area contributed by atoms with E-state index in [1.165, 1.54) is 6.33 Å². The molecule has 0 saturated carbocycles. The molecule has 182 valence electrons. The van der Waals surface area contributed by atoms with Crippen molar-refractivity contribution in [3.63, 3.8) is 0 Å². The second-order valence-electron chi connectivity index (χ2n) is 7.71. The van der Waals surface area contributed by atoms with Crippen LogP contribution in [0.25, 0.3) is 11.0 Å². The SMILES string of the molecule is CS(=O)(=O)CC(=O)NCCn1ccc2ncnc(Nc3ccc(Oc4cccc(Cl)c4)c(Cl)c3)c21. The van der Waals surface area contributed by atoms with Crippen LogP contribution in [0.1, 0.15) is 0 Å². The van der Waals surface area contributed by atoms with Gasteiger partial charge in [-0.2, -0.15) is 0 Å². The highest BCUT2D eigenvalue weighted by Crippen LogP contribution is 2.34. The van der Waals surface area contributed by atoms with E-state index in [2.05, 4.69) is 20.6 Å². The van der Waals surface area contributed by atoms with Gasteiger partial charge in [-0.25, -0.2) is 18.4 Å². The average Bonchev–Trinajstić information content (AvgIpc) is 3.19. The van der Waals surface area contributed by atoms with Gasteiger partial charge in [0.05, 0.1) is 10.5 Å². The fourth-order valence-electron chi connectivity index (χ4n) is 3.37. The van der Waals surface area contributed by atoms with Crippen molar-refractivity contribution in [2.24, 2.45) is 0 Å². The van der Waals surface area contributed by atoms with Gasteiger partial charge in [0.15, 0.2) is 15.7 Å². The van der Waals surface area contributed by atoms with Crippen molar-refractivity contribution in [1.29, 1.82) is 0 Å².